The fraction of sp³-hybridized carbons (Fsp3) is 0.556. The van der Waals surface area contributed by atoms with Gasteiger partial charge in [0.25, 0.3) is 5.91 Å². The minimum atomic E-state index is -0.767. The van der Waals surface area contributed by atoms with E-state index < -0.39 is 11.6 Å². The van der Waals surface area contributed by atoms with Crippen LogP contribution in [0.2, 0.25) is 0 Å². The number of halogens is 2. The zero-order valence-corrected chi connectivity index (χ0v) is 14.0. The Morgan fingerprint density at radius 2 is 1.92 bits per heavy atom. The van der Waals surface area contributed by atoms with Gasteiger partial charge < -0.3 is 14.9 Å². The van der Waals surface area contributed by atoms with Gasteiger partial charge in [-0.25, -0.2) is 8.78 Å². The van der Waals surface area contributed by atoms with Gasteiger partial charge in [0.2, 0.25) is 5.91 Å². The minimum absolute atomic E-state index is 0.0139. The Balaban J connectivity index is 1.70. The summed E-state index contributed by atoms with van der Waals surface area (Å²) < 4.78 is 26.7. The molecule has 0 bridgehead atoms. The third kappa shape index (κ3) is 3.81. The molecule has 1 aromatic carbocycles. The Hall–Kier alpha value is -2.02. The van der Waals surface area contributed by atoms with E-state index in [2.05, 4.69) is 0 Å². The Morgan fingerprint density at radius 1 is 1.20 bits per heavy atom. The zero-order valence-electron chi connectivity index (χ0n) is 14.0. The molecular weight excluding hydrogens is 330 g/mol. The van der Waals surface area contributed by atoms with Crippen LogP contribution < -0.4 is 0 Å². The van der Waals surface area contributed by atoms with E-state index in [0.29, 0.717) is 45.3 Å². The fourth-order valence-corrected chi connectivity index (χ4v) is 3.93. The molecule has 0 radical (unpaired) electrons. The molecule has 2 saturated heterocycles. The van der Waals surface area contributed by atoms with Gasteiger partial charge in [0, 0.05) is 50.3 Å². The molecule has 3 rings (SSSR count). The molecule has 2 heterocycles. The van der Waals surface area contributed by atoms with E-state index in [1.807, 2.05) is 4.90 Å². The molecule has 0 aromatic heterocycles. The first-order chi connectivity index (χ1) is 12.0. The van der Waals surface area contributed by atoms with Crippen LogP contribution in [0.4, 0.5) is 8.78 Å². The van der Waals surface area contributed by atoms with Crippen LogP contribution in [0.1, 0.15) is 36.0 Å². The van der Waals surface area contributed by atoms with Crippen LogP contribution >= 0.6 is 0 Å². The highest BCUT2D eigenvalue weighted by Crippen LogP contribution is 2.32. The first-order valence-corrected chi connectivity index (χ1v) is 8.65. The van der Waals surface area contributed by atoms with Gasteiger partial charge in [-0.1, -0.05) is 0 Å². The maximum absolute atomic E-state index is 13.4. The number of benzene rings is 1. The van der Waals surface area contributed by atoms with Gasteiger partial charge in [-0.15, -0.1) is 0 Å². The second-order valence-corrected chi connectivity index (χ2v) is 6.73. The van der Waals surface area contributed by atoms with Crippen molar-refractivity contribution >= 4 is 11.8 Å². The fourth-order valence-electron chi connectivity index (χ4n) is 3.93. The molecule has 25 heavy (non-hydrogen) atoms. The van der Waals surface area contributed by atoms with E-state index in [4.69, 9.17) is 5.11 Å². The molecule has 1 aromatic rings. The van der Waals surface area contributed by atoms with Crippen LogP contribution in [-0.4, -0.2) is 59.0 Å². The zero-order chi connectivity index (χ0) is 18.0. The van der Waals surface area contributed by atoms with Gasteiger partial charge >= 0.3 is 0 Å². The molecule has 2 amide bonds. The number of rotatable bonds is 4. The van der Waals surface area contributed by atoms with E-state index in [9.17, 15) is 18.4 Å². The number of aliphatic hydroxyl groups is 1. The van der Waals surface area contributed by atoms with Crippen molar-refractivity contribution in [2.24, 2.45) is 5.92 Å². The van der Waals surface area contributed by atoms with Crippen molar-refractivity contribution in [1.82, 2.24) is 9.80 Å². The van der Waals surface area contributed by atoms with Crippen molar-refractivity contribution in [2.45, 2.75) is 31.7 Å². The van der Waals surface area contributed by atoms with Gasteiger partial charge in [-0.3, -0.25) is 9.59 Å². The van der Waals surface area contributed by atoms with Crippen LogP contribution in [0.3, 0.4) is 0 Å². The van der Waals surface area contributed by atoms with Crippen molar-refractivity contribution in [3.8, 4) is 0 Å². The number of hydrogen-bond acceptors (Lipinski definition) is 3. The Bertz CT molecular complexity index is 647. The summed E-state index contributed by atoms with van der Waals surface area (Å²) in [6.07, 6.45) is 2.33. The third-order valence-corrected chi connectivity index (χ3v) is 5.10. The SMILES string of the molecule is O=C(c1cc(F)cc(F)c1)N1CC[C@H]2[C@H](CCC(=O)N2CCCO)C1. The number of amides is 2. The van der Waals surface area contributed by atoms with Crippen LogP contribution in [0.15, 0.2) is 18.2 Å². The minimum Gasteiger partial charge on any atom is -0.396 e. The summed E-state index contributed by atoms with van der Waals surface area (Å²) in [5.41, 5.74) is 0.0139. The van der Waals surface area contributed by atoms with E-state index in [1.54, 1.807) is 4.90 Å². The highest BCUT2D eigenvalue weighted by Gasteiger charge is 2.40. The molecule has 1 N–H and O–H groups in total. The maximum Gasteiger partial charge on any atom is 0.254 e. The number of aliphatic hydroxyl groups excluding tert-OH is 1. The third-order valence-electron chi connectivity index (χ3n) is 5.10. The number of nitrogens with zero attached hydrogens (tertiary/aromatic N) is 2. The van der Waals surface area contributed by atoms with E-state index in [0.717, 1.165) is 18.2 Å². The van der Waals surface area contributed by atoms with Crippen molar-refractivity contribution in [3.05, 3.63) is 35.4 Å². The Morgan fingerprint density at radius 3 is 2.60 bits per heavy atom. The second kappa shape index (κ2) is 7.47. The van der Waals surface area contributed by atoms with E-state index >= 15 is 0 Å². The molecule has 0 unspecified atom stereocenters. The first kappa shape index (κ1) is 17.8. The summed E-state index contributed by atoms with van der Waals surface area (Å²) in [4.78, 5) is 28.2. The van der Waals surface area contributed by atoms with Gasteiger partial charge in [0.05, 0.1) is 0 Å². The van der Waals surface area contributed by atoms with Gasteiger partial charge in [0.1, 0.15) is 11.6 Å². The highest BCUT2D eigenvalue weighted by molar-refractivity contribution is 5.94. The smallest absolute Gasteiger partial charge is 0.254 e. The van der Waals surface area contributed by atoms with E-state index in [-0.39, 0.29) is 35.9 Å². The monoisotopic (exact) mass is 352 g/mol. The average Bonchev–Trinajstić information content (AvgIpc) is 2.59. The molecule has 7 heteroatoms. The van der Waals surface area contributed by atoms with Crippen molar-refractivity contribution in [1.29, 1.82) is 0 Å². The number of carbonyl (C=O) groups excluding carboxylic acids is 2. The normalized spacial score (nSPS) is 23.6. The Kier molecular flexibility index (Phi) is 5.32. The summed E-state index contributed by atoms with van der Waals surface area (Å²) >= 11 is 0. The van der Waals surface area contributed by atoms with Crippen LogP contribution in [0, 0.1) is 17.6 Å². The topological polar surface area (TPSA) is 60.9 Å². The molecule has 2 atom stereocenters. The lowest BCUT2D eigenvalue weighted by molar-refractivity contribution is -0.140. The molecule has 0 saturated carbocycles. The number of carbonyl (C=O) groups is 2. The summed E-state index contributed by atoms with van der Waals surface area (Å²) in [6.45, 7) is 1.49. The average molecular weight is 352 g/mol. The number of likely N-dealkylation sites (tertiary alicyclic amines) is 2. The van der Waals surface area contributed by atoms with Crippen molar-refractivity contribution in [3.63, 3.8) is 0 Å². The summed E-state index contributed by atoms with van der Waals surface area (Å²) in [7, 11) is 0. The molecule has 5 nitrogen and oxygen atoms in total. The predicted molar refractivity (Wildman–Crippen MR) is 86.8 cm³/mol. The van der Waals surface area contributed by atoms with Gasteiger partial charge in [0.15, 0.2) is 0 Å². The molecule has 0 aliphatic carbocycles. The van der Waals surface area contributed by atoms with Crippen molar-refractivity contribution < 1.29 is 23.5 Å². The lowest BCUT2D eigenvalue weighted by Gasteiger charge is -2.47. The lowest BCUT2D eigenvalue weighted by Crippen LogP contribution is -2.57. The van der Waals surface area contributed by atoms with Gasteiger partial charge in [-0.2, -0.15) is 0 Å². The standard InChI is InChI=1S/C18H22F2N2O3/c19-14-8-13(9-15(20)10-14)18(25)21-6-4-16-12(11-21)2-3-17(24)22(16)5-1-7-23/h8-10,12,16,23H,1-7,11H2/t12-,16+/m1/s1. The molecule has 2 aliphatic heterocycles. The number of fused-ring (bicyclic) bond motifs is 1. The molecule has 136 valence electrons. The highest BCUT2D eigenvalue weighted by atomic mass is 19.1. The summed E-state index contributed by atoms with van der Waals surface area (Å²) in [5.74, 6) is -1.65. The van der Waals surface area contributed by atoms with E-state index in [1.165, 1.54) is 0 Å². The molecule has 2 aliphatic rings. The molecular formula is C18H22F2N2O3. The number of piperidine rings is 2. The van der Waals surface area contributed by atoms with Crippen molar-refractivity contribution in [2.75, 3.05) is 26.2 Å². The predicted octanol–water partition coefficient (Wildman–Crippen LogP) is 1.80. The largest absolute Gasteiger partial charge is 0.396 e. The molecule has 2 fully saturated rings. The van der Waals surface area contributed by atoms with Crippen LogP contribution in [-0.2, 0) is 4.79 Å². The molecule has 0 spiro atoms. The second-order valence-electron chi connectivity index (χ2n) is 6.73. The quantitative estimate of drug-likeness (QED) is 0.899. The Labute approximate surface area is 145 Å². The summed E-state index contributed by atoms with van der Waals surface area (Å²) in [5, 5.41) is 9.01. The van der Waals surface area contributed by atoms with Gasteiger partial charge in [-0.05, 0) is 37.3 Å². The van der Waals surface area contributed by atoms with Crippen LogP contribution in [0.5, 0.6) is 0 Å². The first-order valence-electron chi connectivity index (χ1n) is 8.65. The number of hydrogen-bond donors (Lipinski definition) is 1. The van der Waals surface area contributed by atoms with Crippen LogP contribution in [0.25, 0.3) is 0 Å². The maximum atomic E-state index is 13.4. The lowest BCUT2D eigenvalue weighted by atomic mass is 9.83. The summed E-state index contributed by atoms with van der Waals surface area (Å²) in [6, 6.07) is 2.92.